The summed E-state index contributed by atoms with van der Waals surface area (Å²) >= 11 is 0. The van der Waals surface area contributed by atoms with Gasteiger partial charge in [-0.3, -0.25) is 14.4 Å². The molecule has 3 aromatic carbocycles. The lowest BCUT2D eigenvalue weighted by Gasteiger charge is -2.20. The summed E-state index contributed by atoms with van der Waals surface area (Å²) in [5.74, 6) is -0.638. The summed E-state index contributed by atoms with van der Waals surface area (Å²) in [6.07, 6.45) is 1.29. The summed E-state index contributed by atoms with van der Waals surface area (Å²) in [5.41, 5.74) is 3.74. The fourth-order valence-corrected chi connectivity index (χ4v) is 4.02. The summed E-state index contributed by atoms with van der Waals surface area (Å²) in [7, 11) is 0. The van der Waals surface area contributed by atoms with Crippen molar-refractivity contribution < 1.29 is 23.9 Å². The number of amides is 2. The molecule has 1 aliphatic rings. The molecule has 0 spiro atoms. The van der Waals surface area contributed by atoms with Crippen LogP contribution in [0.1, 0.15) is 52.7 Å². The third-order valence-electron chi connectivity index (χ3n) is 5.72. The van der Waals surface area contributed by atoms with Gasteiger partial charge in [-0.25, -0.2) is 0 Å². The van der Waals surface area contributed by atoms with Crippen LogP contribution in [0.4, 0.5) is 5.69 Å². The van der Waals surface area contributed by atoms with Crippen molar-refractivity contribution in [3.05, 3.63) is 107 Å². The molecule has 188 valence electrons. The Labute approximate surface area is 215 Å². The van der Waals surface area contributed by atoms with Gasteiger partial charge >= 0.3 is 5.97 Å². The molecule has 0 bridgehead atoms. The van der Waals surface area contributed by atoms with Crippen molar-refractivity contribution in [2.45, 2.75) is 33.4 Å². The highest BCUT2D eigenvalue weighted by Crippen LogP contribution is 2.35. The second-order valence-corrected chi connectivity index (χ2v) is 8.51. The Kier molecular flexibility index (Phi) is 7.48. The fraction of sp³-hybridized carbons (Fsp3) is 0.172. The Hall–Kier alpha value is -4.72. The number of hydrogen-bond acceptors (Lipinski definition) is 6. The van der Waals surface area contributed by atoms with E-state index in [1.54, 1.807) is 48.5 Å². The molecule has 4 rings (SSSR count). The minimum atomic E-state index is -0.879. The summed E-state index contributed by atoms with van der Waals surface area (Å²) < 4.78 is 11.6. The minimum absolute atomic E-state index is 0.136. The van der Waals surface area contributed by atoms with E-state index in [2.05, 4.69) is 17.0 Å². The normalized spacial score (nSPS) is 14.4. The third-order valence-corrected chi connectivity index (χ3v) is 5.72. The van der Waals surface area contributed by atoms with Gasteiger partial charge in [0.2, 0.25) is 18.0 Å². The summed E-state index contributed by atoms with van der Waals surface area (Å²) in [4.78, 5) is 37.1. The number of esters is 1. The minimum Gasteiger partial charge on any atom is -0.446 e. The lowest BCUT2D eigenvalue weighted by atomic mass is 10.1. The number of para-hydroxylation sites is 1. The predicted molar refractivity (Wildman–Crippen MR) is 140 cm³/mol. The van der Waals surface area contributed by atoms with E-state index < -0.39 is 12.2 Å². The SMILES string of the molecule is C=CCc1cccc(C2=NN(C(C)=O)[C@@H](c3cccc(NC(=O)c4ccccc4C)c3)O2)c1OC(C)=O. The number of carbonyl (C=O) groups is 3. The lowest BCUT2D eigenvalue weighted by molar-refractivity contribution is -0.135. The van der Waals surface area contributed by atoms with Gasteiger partial charge in [0.05, 0.1) is 5.56 Å². The van der Waals surface area contributed by atoms with E-state index in [0.29, 0.717) is 34.5 Å². The topological polar surface area (TPSA) is 97.3 Å². The number of anilines is 1. The van der Waals surface area contributed by atoms with E-state index in [0.717, 1.165) is 11.1 Å². The highest BCUT2D eigenvalue weighted by atomic mass is 16.5. The first-order valence-electron chi connectivity index (χ1n) is 11.7. The summed E-state index contributed by atoms with van der Waals surface area (Å²) in [6, 6.07) is 19.7. The number of carbonyl (C=O) groups excluding carboxylic acids is 3. The van der Waals surface area contributed by atoms with Gasteiger partial charge < -0.3 is 14.8 Å². The van der Waals surface area contributed by atoms with Gasteiger partial charge in [-0.1, -0.05) is 48.5 Å². The van der Waals surface area contributed by atoms with Gasteiger partial charge in [-0.05, 0) is 48.7 Å². The van der Waals surface area contributed by atoms with Crippen LogP contribution in [0.2, 0.25) is 0 Å². The van der Waals surface area contributed by atoms with E-state index >= 15 is 0 Å². The Balaban J connectivity index is 1.65. The maximum Gasteiger partial charge on any atom is 0.308 e. The highest BCUT2D eigenvalue weighted by Gasteiger charge is 2.35. The maximum atomic E-state index is 12.8. The molecule has 1 heterocycles. The fourth-order valence-electron chi connectivity index (χ4n) is 4.02. The quantitative estimate of drug-likeness (QED) is 0.277. The number of hydrogen-bond donors (Lipinski definition) is 1. The zero-order valence-corrected chi connectivity index (χ0v) is 20.9. The second kappa shape index (κ2) is 10.9. The van der Waals surface area contributed by atoms with Crippen molar-refractivity contribution in [2.75, 3.05) is 5.32 Å². The molecule has 0 saturated carbocycles. The first-order chi connectivity index (χ1) is 17.8. The number of benzene rings is 3. The van der Waals surface area contributed by atoms with E-state index in [9.17, 15) is 14.4 Å². The number of aryl methyl sites for hydroxylation is 1. The van der Waals surface area contributed by atoms with Gasteiger partial charge in [0.25, 0.3) is 5.91 Å². The second-order valence-electron chi connectivity index (χ2n) is 8.51. The summed E-state index contributed by atoms with van der Waals surface area (Å²) in [6.45, 7) is 8.32. The molecular formula is C29H27N3O5. The zero-order chi connectivity index (χ0) is 26.5. The van der Waals surface area contributed by atoms with Gasteiger partial charge in [-0.2, -0.15) is 5.01 Å². The van der Waals surface area contributed by atoms with E-state index in [-0.39, 0.29) is 17.7 Å². The molecule has 0 saturated heterocycles. The molecule has 2 amide bonds. The number of hydrazone groups is 1. The molecule has 1 N–H and O–H groups in total. The van der Waals surface area contributed by atoms with E-state index in [1.807, 2.05) is 31.2 Å². The molecule has 37 heavy (non-hydrogen) atoms. The molecule has 1 atom stereocenters. The lowest BCUT2D eigenvalue weighted by Crippen LogP contribution is -2.25. The molecule has 3 aromatic rings. The van der Waals surface area contributed by atoms with Crippen LogP contribution in [0.15, 0.2) is 84.5 Å². The van der Waals surface area contributed by atoms with Crippen molar-refractivity contribution in [2.24, 2.45) is 5.10 Å². The van der Waals surface area contributed by atoms with E-state index in [1.165, 1.54) is 18.9 Å². The molecule has 1 aliphatic heterocycles. The van der Waals surface area contributed by atoms with Crippen molar-refractivity contribution in [3.8, 4) is 5.75 Å². The van der Waals surface area contributed by atoms with Crippen LogP contribution in [0.5, 0.6) is 5.75 Å². The number of ether oxygens (including phenoxy) is 2. The molecule has 0 unspecified atom stereocenters. The Bertz CT molecular complexity index is 1410. The Morgan fingerprint density at radius 1 is 1.08 bits per heavy atom. The van der Waals surface area contributed by atoms with Gasteiger partial charge in [-0.15, -0.1) is 11.7 Å². The Morgan fingerprint density at radius 2 is 1.84 bits per heavy atom. The van der Waals surface area contributed by atoms with E-state index in [4.69, 9.17) is 9.47 Å². The van der Waals surface area contributed by atoms with Gasteiger partial charge in [0.1, 0.15) is 5.75 Å². The van der Waals surface area contributed by atoms with Crippen molar-refractivity contribution in [1.82, 2.24) is 5.01 Å². The summed E-state index contributed by atoms with van der Waals surface area (Å²) in [5, 5.41) is 8.53. The molecular weight excluding hydrogens is 470 g/mol. The van der Waals surface area contributed by atoms with Crippen molar-refractivity contribution in [3.63, 3.8) is 0 Å². The molecule has 0 aliphatic carbocycles. The number of rotatable bonds is 7. The third kappa shape index (κ3) is 5.59. The standard InChI is InChI=1S/C29H27N3O5/c1-5-10-21-12-9-16-25(26(21)36-20(4)34)28-31-32(19(3)33)29(37-28)22-13-8-14-23(17-22)30-27(35)24-15-7-6-11-18(24)2/h5-9,11-17,29H,1,10H2,2-4H3,(H,30,35)/t29-/m1/s1. The number of allylic oxidation sites excluding steroid dienone is 1. The smallest absolute Gasteiger partial charge is 0.308 e. The molecule has 0 aromatic heterocycles. The number of nitrogens with one attached hydrogen (secondary N) is 1. The maximum absolute atomic E-state index is 12.8. The predicted octanol–water partition coefficient (Wildman–Crippen LogP) is 5.14. The van der Waals surface area contributed by atoms with Crippen LogP contribution < -0.4 is 10.1 Å². The molecule has 8 nitrogen and oxygen atoms in total. The average molecular weight is 498 g/mol. The average Bonchev–Trinajstić information content (AvgIpc) is 3.31. The van der Waals surface area contributed by atoms with Crippen molar-refractivity contribution >= 4 is 29.4 Å². The highest BCUT2D eigenvalue weighted by molar-refractivity contribution is 6.05. The molecule has 8 heteroatoms. The number of nitrogens with zero attached hydrogens (tertiary/aromatic N) is 2. The van der Waals surface area contributed by atoms with Crippen LogP contribution in [-0.4, -0.2) is 28.7 Å². The largest absolute Gasteiger partial charge is 0.446 e. The Morgan fingerprint density at radius 3 is 2.54 bits per heavy atom. The van der Waals surface area contributed by atoms with Crippen LogP contribution in [0.3, 0.4) is 0 Å². The monoisotopic (exact) mass is 497 g/mol. The van der Waals surface area contributed by atoms with Crippen LogP contribution in [0.25, 0.3) is 0 Å². The van der Waals surface area contributed by atoms with Crippen LogP contribution in [0, 0.1) is 6.92 Å². The zero-order valence-electron chi connectivity index (χ0n) is 20.9. The van der Waals surface area contributed by atoms with Crippen LogP contribution >= 0.6 is 0 Å². The molecule has 0 radical (unpaired) electrons. The first kappa shape index (κ1) is 25.4. The van der Waals surface area contributed by atoms with Crippen molar-refractivity contribution in [1.29, 1.82) is 0 Å². The van der Waals surface area contributed by atoms with Crippen LogP contribution in [-0.2, 0) is 20.7 Å². The van der Waals surface area contributed by atoms with Gasteiger partial charge in [0.15, 0.2) is 0 Å². The van der Waals surface area contributed by atoms with Gasteiger partial charge in [0, 0.05) is 30.7 Å². The first-order valence-corrected chi connectivity index (χ1v) is 11.7. The molecule has 0 fully saturated rings.